The van der Waals surface area contributed by atoms with Gasteiger partial charge in [0.1, 0.15) is 4.21 Å². The first-order valence-corrected chi connectivity index (χ1v) is 7.89. The second-order valence-electron chi connectivity index (χ2n) is 3.62. The van der Waals surface area contributed by atoms with Crippen LogP contribution in [0.5, 0.6) is 0 Å². The van der Waals surface area contributed by atoms with Gasteiger partial charge < -0.3 is 0 Å². The third-order valence-electron chi connectivity index (χ3n) is 2.29. The quantitative estimate of drug-likeness (QED) is 0.494. The molecule has 19 heavy (non-hydrogen) atoms. The van der Waals surface area contributed by atoms with E-state index in [9.17, 15) is 18.5 Å². The number of thiophene rings is 1. The predicted molar refractivity (Wildman–Crippen MR) is 73.8 cm³/mol. The molecule has 0 aliphatic heterocycles. The van der Waals surface area contributed by atoms with Crippen LogP contribution in [0.4, 0.5) is 5.69 Å². The molecule has 1 aromatic rings. The van der Waals surface area contributed by atoms with Gasteiger partial charge >= 0.3 is 0 Å². The maximum Gasteiger partial charge on any atom is 0.300 e. The lowest BCUT2D eigenvalue weighted by Crippen LogP contribution is -2.33. The molecule has 1 rings (SSSR count). The Morgan fingerprint density at radius 3 is 2.74 bits per heavy atom. The summed E-state index contributed by atoms with van der Waals surface area (Å²) in [6, 6.07) is 0.535. The van der Waals surface area contributed by atoms with Crippen LogP contribution in [0, 0.1) is 22.5 Å². The number of nitrogens with zero attached hydrogens (tertiary/aromatic N) is 1. The molecule has 1 heterocycles. The topological polar surface area (TPSA) is 89.3 Å². The van der Waals surface area contributed by atoms with Crippen LogP contribution in [-0.4, -0.2) is 19.4 Å². The number of hydrogen-bond donors (Lipinski definition) is 1. The number of halogens is 1. The van der Waals surface area contributed by atoms with Crippen molar-refractivity contribution >= 4 is 38.6 Å². The lowest BCUT2D eigenvalue weighted by molar-refractivity contribution is -0.384. The minimum Gasteiger partial charge on any atom is -0.258 e. The highest BCUT2D eigenvalue weighted by molar-refractivity contribution is 7.91. The van der Waals surface area contributed by atoms with Gasteiger partial charge in [0.25, 0.3) is 15.7 Å². The number of sulfonamides is 1. The van der Waals surface area contributed by atoms with Crippen LogP contribution in [0.25, 0.3) is 0 Å². The Morgan fingerprint density at radius 1 is 1.68 bits per heavy atom. The summed E-state index contributed by atoms with van der Waals surface area (Å²) in [7, 11) is -3.84. The summed E-state index contributed by atoms with van der Waals surface area (Å²) in [6.45, 7) is 1.79. The van der Waals surface area contributed by atoms with Gasteiger partial charge in [-0.15, -0.1) is 23.7 Å². The van der Waals surface area contributed by atoms with Crippen LogP contribution in [0.3, 0.4) is 0 Å². The number of terminal acetylenes is 1. The first-order chi connectivity index (χ1) is 8.81. The van der Waals surface area contributed by atoms with Crippen LogP contribution < -0.4 is 4.72 Å². The molecule has 0 aromatic carbocycles. The third kappa shape index (κ3) is 3.91. The number of nitrogens with one attached hydrogen (secondary N) is 1. The number of hydrogen-bond acceptors (Lipinski definition) is 5. The Hall–Kier alpha value is -1.14. The van der Waals surface area contributed by atoms with E-state index >= 15 is 0 Å². The van der Waals surface area contributed by atoms with Crippen molar-refractivity contribution in [1.82, 2.24) is 4.72 Å². The van der Waals surface area contributed by atoms with Crippen LogP contribution in [0.15, 0.2) is 10.3 Å². The fourth-order valence-electron chi connectivity index (χ4n) is 1.28. The number of rotatable bonds is 6. The average Bonchev–Trinajstić information content (AvgIpc) is 2.71. The third-order valence-corrected chi connectivity index (χ3v) is 5.62. The second-order valence-corrected chi connectivity index (χ2v) is 7.21. The minimum absolute atomic E-state index is 0.171. The van der Waals surface area contributed by atoms with Crippen molar-refractivity contribution in [3.8, 4) is 12.3 Å². The Balaban J connectivity index is 3.04. The summed E-state index contributed by atoms with van der Waals surface area (Å²) in [5.74, 6) is 2.37. The fourth-order valence-corrected chi connectivity index (χ4v) is 4.28. The van der Waals surface area contributed by atoms with Crippen molar-refractivity contribution in [3.63, 3.8) is 0 Å². The van der Waals surface area contributed by atoms with Gasteiger partial charge in [-0.1, -0.05) is 18.5 Å². The summed E-state index contributed by atoms with van der Waals surface area (Å²) in [6.07, 6.45) is 5.90. The SMILES string of the molecule is C#CCC(CC)NS(=O)(=O)c1cc([N+](=O)[O-])c(Cl)s1. The molecule has 1 atom stereocenters. The molecule has 0 aliphatic carbocycles. The van der Waals surface area contributed by atoms with Gasteiger partial charge in [0, 0.05) is 18.5 Å². The molecular formula is C10H11ClN2O4S2. The molecule has 0 aliphatic rings. The van der Waals surface area contributed by atoms with Gasteiger partial charge in [0.05, 0.1) is 4.92 Å². The minimum atomic E-state index is -3.84. The van der Waals surface area contributed by atoms with Gasteiger partial charge in [-0.25, -0.2) is 13.1 Å². The Labute approximate surface area is 120 Å². The van der Waals surface area contributed by atoms with Gasteiger partial charge in [-0.05, 0) is 6.42 Å². The molecule has 0 radical (unpaired) electrons. The first kappa shape index (κ1) is 15.9. The Bertz CT molecular complexity index is 618. The molecular weight excluding hydrogens is 312 g/mol. The van der Waals surface area contributed by atoms with E-state index in [1.807, 2.05) is 0 Å². The Morgan fingerprint density at radius 2 is 2.32 bits per heavy atom. The summed E-state index contributed by atoms with van der Waals surface area (Å²) in [5, 5.41) is 10.6. The van der Waals surface area contributed by atoms with E-state index in [1.54, 1.807) is 6.92 Å². The lowest BCUT2D eigenvalue weighted by Gasteiger charge is -2.13. The average molecular weight is 323 g/mol. The predicted octanol–water partition coefficient (Wildman–Crippen LogP) is 2.39. The van der Waals surface area contributed by atoms with E-state index in [1.165, 1.54) is 0 Å². The van der Waals surface area contributed by atoms with E-state index in [0.717, 1.165) is 6.07 Å². The standard InChI is InChI=1S/C10H11ClN2O4S2/c1-3-5-7(4-2)12-19(16,17)9-6-8(13(14)15)10(11)18-9/h1,6-7,12H,4-5H2,2H3. The normalized spacial score (nSPS) is 12.9. The Kier molecular flexibility index (Phi) is 5.31. The molecule has 6 nitrogen and oxygen atoms in total. The smallest absolute Gasteiger partial charge is 0.258 e. The van der Waals surface area contributed by atoms with E-state index in [4.69, 9.17) is 18.0 Å². The highest BCUT2D eigenvalue weighted by Gasteiger charge is 2.26. The summed E-state index contributed by atoms with van der Waals surface area (Å²) < 4.78 is 26.1. The zero-order chi connectivity index (χ0) is 14.6. The molecule has 0 saturated heterocycles. The summed E-state index contributed by atoms with van der Waals surface area (Å²) in [4.78, 5) is 9.90. The van der Waals surface area contributed by atoms with Crippen molar-refractivity contribution in [2.24, 2.45) is 0 Å². The zero-order valence-electron chi connectivity index (χ0n) is 9.92. The highest BCUT2D eigenvalue weighted by Crippen LogP contribution is 2.36. The largest absolute Gasteiger partial charge is 0.300 e. The van der Waals surface area contributed by atoms with Crippen molar-refractivity contribution in [2.45, 2.75) is 30.0 Å². The summed E-state index contributed by atoms with van der Waals surface area (Å²) >= 11 is 6.27. The summed E-state index contributed by atoms with van der Waals surface area (Å²) in [5.41, 5.74) is -0.419. The molecule has 1 aromatic heterocycles. The molecule has 0 bridgehead atoms. The van der Waals surface area contributed by atoms with Crippen LogP contribution in [0.1, 0.15) is 19.8 Å². The monoisotopic (exact) mass is 322 g/mol. The van der Waals surface area contributed by atoms with Crippen LogP contribution in [0.2, 0.25) is 4.34 Å². The zero-order valence-corrected chi connectivity index (χ0v) is 12.3. The van der Waals surface area contributed by atoms with Crippen molar-refractivity contribution in [3.05, 3.63) is 20.5 Å². The van der Waals surface area contributed by atoms with Crippen molar-refractivity contribution in [2.75, 3.05) is 0 Å². The van der Waals surface area contributed by atoms with E-state index in [0.29, 0.717) is 17.8 Å². The van der Waals surface area contributed by atoms with Gasteiger partial charge in [0.15, 0.2) is 4.34 Å². The molecule has 0 spiro atoms. The molecule has 0 amide bonds. The second kappa shape index (κ2) is 6.34. The van der Waals surface area contributed by atoms with Crippen molar-refractivity contribution in [1.29, 1.82) is 0 Å². The van der Waals surface area contributed by atoms with E-state index in [-0.39, 0.29) is 15.0 Å². The fraction of sp³-hybridized carbons (Fsp3) is 0.400. The molecule has 9 heteroatoms. The molecule has 1 N–H and O–H groups in total. The van der Waals surface area contributed by atoms with Crippen LogP contribution >= 0.6 is 22.9 Å². The molecule has 1 unspecified atom stereocenters. The van der Waals surface area contributed by atoms with Gasteiger partial charge in [-0.2, -0.15) is 0 Å². The van der Waals surface area contributed by atoms with Gasteiger partial charge in [0.2, 0.25) is 0 Å². The molecule has 104 valence electrons. The maximum atomic E-state index is 12.0. The molecule has 0 fully saturated rings. The molecule has 0 saturated carbocycles. The van der Waals surface area contributed by atoms with Crippen molar-refractivity contribution < 1.29 is 13.3 Å². The van der Waals surface area contributed by atoms with Crippen LogP contribution in [-0.2, 0) is 10.0 Å². The van der Waals surface area contributed by atoms with Gasteiger partial charge in [-0.3, -0.25) is 10.1 Å². The van der Waals surface area contributed by atoms with E-state index < -0.39 is 26.7 Å². The maximum absolute atomic E-state index is 12.0. The number of nitro groups is 1. The lowest BCUT2D eigenvalue weighted by atomic mass is 10.2. The first-order valence-electron chi connectivity index (χ1n) is 5.21. The van der Waals surface area contributed by atoms with E-state index in [2.05, 4.69) is 10.6 Å². The highest BCUT2D eigenvalue weighted by atomic mass is 35.5.